The molecule has 6 nitrogen and oxygen atoms in total. The Morgan fingerprint density at radius 1 is 1.12 bits per heavy atom. The van der Waals surface area contributed by atoms with E-state index in [-0.39, 0.29) is 12.1 Å². The Morgan fingerprint density at radius 2 is 1.80 bits per heavy atom. The number of methoxy groups -OCH3 is 2. The fraction of sp³-hybridized carbons (Fsp3) is 0.316. The summed E-state index contributed by atoms with van der Waals surface area (Å²) in [7, 11) is 3.15. The molecular weight excluding hydrogens is 320 g/mol. The van der Waals surface area contributed by atoms with Gasteiger partial charge in [-0.25, -0.2) is 4.79 Å². The van der Waals surface area contributed by atoms with Gasteiger partial charge in [0.25, 0.3) is 0 Å². The molecule has 2 aromatic rings. The number of benzene rings is 2. The van der Waals surface area contributed by atoms with Crippen LogP contribution >= 0.6 is 0 Å². The van der Waals surface area contributed by atoms with E-state index in [0.717, 1.165) is 5.56 Å². The zero-order valence-corrected chi connectivity index (χ0v) is 14.4. The van der Waals surface area contributed by atoms with E-state index in [2.05, 4.69) is 5.32 Å². The normalized spacial score (nSPS) is 17.0. The van der Waals surface area contributed by atoms with Gasteiger partial charge in [0.1, 0.15) is 17.6 Å². The number of carbonyl (C=O) groups excluding carboxylic acids is 1. The molecule has 2 aromatic carbocycles. The molecule has 2 amide bonds. The zero-order chi connectivity index (χ0) is 17.6. The largest absolute Gasteiger partial charge is 0.497 e. The standard InChI is InChI=1S/C19H22N2O4/c1-23-16-10-15(11-17(12-16)24-2)20-19(22)21-8-9-25-18(13-21)14-6-4-3-5-7-14/h3-7,10-12,18H,8-9,13H2,1-2H3,(H,20,22). The number of anilines is 1. The second-order valence-corrected chi connectivity index (χ2v) is 5.75. The second kappa shape index (κ2) is 7.90. The minimum atomic E-state index is -0.167. The lowest BCUT2D eigenvalue weighted by atomic mass is 10.1. The molecular formula is C19H22N2O4. The van der Waals surface area contributed by atoms with Crippen molar-refractivity contribution in [1.29, 1.82) is 0 Å². The minimum absolute atomic E-state index is 0.111. The molecule has 1 aliphatic rings. The second-order valence-electron chi connectivity index (χ2n) is 5.75. The molecule has 1 saturated heterocycles. The molecule has 0 aliphatic carbocycles. The van der Waals surface area contributed by atoms with Crippen LogP contribution in [0.25, 0.3) is 0 Å². The van der Waals surface area contributed by atoms with Crippen LogP contribution in [0.3, 0.4) is 0 Å². The summed E-state index contributed by atoms with van der Waals surface area (Å²) in [6.07, 6.45) is -0.111. The number of rotatable bonds is 4. The van der Waals surface area contributed by atoms with E-state index in [1.807, 2.05) is 30.3 Å². The lowest BCUT2D eigenvalue weighted by Gasteiger charge is -2.33. The van der Waals surface area contributed by atoms with Gasteiger partial charge in [-0.3, -0.25) is 0 Å². The number of hydrogen-bond donors (Lipinski definition) is 1. The van der Waals surface area contributed by atoms with E-state index in [1.165, 1.54) is 0 Å². The molecule has 1 aliphatic heterocycles. The van der Waals surface area contributed by atoms with Crippen molar-refractivity contribution in [3.05, 3.63) is 54.1 Å². The fourth-order valence-electron chi connectivity index (χ4n) is 2.79. The van der Waals surface area contributed by atoms with E-state index < -0.39 is 0 Å². The molecule has 1 fully saturated rings. The van der Waals surface area contributed by atoms with Gasteiger partial charge in [-0.15, -0.1) is 0 Å². The summed E-state index contributed by atoms with van der Waals surface area (Å²) < 4.78 is 16.3. The van der Waals surface area contributed by atoms with E-state index in [9.17, 15) is 4.79 Å². The predicted octanol–water partition coefficient (Wildman–Crippen LogP) is 3.31. The van der Waals surface area contributed by atoms with Crippen molar-refractivity contribution in [3.63, 3.8) is 0 Å². The first-order chi connectivity index (χ1) is 12.2. The summed E-state index contributed by atoms with van der Waals surface area (Å²) in [6.45, 7) is 1.57. The Labute approximate surface area is 147 Å². The number of morpholine rings is 1. The lowest BCUT2D eigenvalue weighted by Crippen LogP contribution is -2.44. The van der Waals surface area contributed by atoms with Gasteiger partial charge < -0.3 is 24.4 Å². The van der Waals surface area contributed by atoms with Gasteiger partial charge in [-0.05, 0) is 5.56 Å². The predicted molar refractivity (Wildman–Crippen MR) is 95.3 cm³/mol. The van der Waals surface area contributed by atoms with E-state index in [0.29, 0.717) is 36.9 Å². The van der Waals surface area contributed by atoms with Crippen LogP contribution in [0.15, 0.2) is 48.5 Å². The third-order valence-electron chi connectivity index (χ3n) is 4.13. The van der Waals surface area contributed by atoms with Crippen LogP contribution in [0.4, 0.5) is 10.5 Å². The van der Waals surface area contributed by atoms with Gasteiger partial charge in [-0.1, -0.05) is 30.3 Å². The van der Waals surface area contributed by atoms with Gasteiger partial charge in [-0.2, -0.15) is 0 Å². The number of amides is 2. The Kier molecular flexibility index (Phi) is 5.40. The van der Waals surface area contributed by atoms with Gasteiger partial charge in [0, 0.05) is 30.4 Å². The summed E-state index contributed by atoms with van der Waals surface area (Å²) in [5.41, 5.74) is 1.70. The first-order valence-corrected chi connectivity index (χ1v) is 8.15. The van der Waals surface area contributed by atoms with Crippen molar-refractivity contribution >= 4 is 11.7 Å². The number of nitrogens with zero attached hydrogens (tertiary/aromatic N) is 1. The molecule has 1 atom stereocenters. The Hall–Kier alpha value is -2.73. The van der Waals surface area contributed by atoms with E-state index >= 15 is 0 Å². The third kappa shape index (κ3) is 4.22. The first-order valence-electron chi connectivity index (χ1n) is 8.15. The Bertz CT molecular complexity index is 698. The molecule has 0 bridgehead atoms. The maximum atomic E-state index is 12.6. The van der Waals surface area contributed by atoms with Crippen molar-refractivity contribution in [2.75, 3.05) is 39.2 Å². The third-order valence-corrected chi connectivity index (χ3v) is 4.13. The van der Waals surface area contributed by atoms with Crippen LogP contribution in [0.5, 0.6) is 11.5 Å². The average Bonchev–Trinajstić information content (AvgIpc) is 2.68. The molecule has 132 valence electrons. The highest BCUT2D eigenvalue weighted by molar-refractivity contribution is 5.90. The number of nitrogens with one attached hydrogen (secondary N) is 1. The molecule has 3 rings (SSSR count). The van der Waals surface area contributed by atoms with Crippen molar-refractivity contribution < 1.29 is 19.0 Å². The number of carbonyl (C=O) groups is 1. The van der Waals surface area contributed by atoms with Gasteiger partial charge in [0.05, 0.1) is 27.4 Å². The molecule has 0 aromatic heterocycles. The minimum Gasteiger partial charge on any atom is -0.497 e. The van der Waals surface area contributed by atoms with Crippen molar-refractivity contribution in [1.82, 2.24) is 4.90 Å². The van der Waals surface area contributed by atoms with Crippen LogP contribution in [-0.4, -0.2) is 44.8 Å². The Morgan fingerprint density at radius 3 is 2.44 bits per heavy atom. The van der Waals surface area contributed by atoms with Crippen LogP contribution in [-0.2, 0) is 4.74 Å². The van der Waals surface area contributed by atoms with Crippen LogP contribution < -0.4 is 14.8 Å². The SMILES string of the molecule is COc1cc(NC(=O)N2CCOC(c3ccccc3)C2)cc(OC)c1. The summed E-state index contributed by atoms with van der Waals surface area (Å²) >= 11 is 0. The van der Waals surface area contributed by atoms with Crippen molar-refractivity contribution in [3.8, 4) is 11.5 Å². The smallest absolute Gasteiger partial charge is 0.322 e. The summed E-state index contributed by atoms with van der Waals surface area (Å²) in [5, 5.41) is 2.90. The molecule has 0 saturated carbocycles. The summed E-state index contributed by atoms with van der Waals surface area (Å²) in [5.74, 6) is 1.25. The molecule has 25 heavy (non-hydrogen) atoms. The average molecular weight is 342 g/mol. The van der Waals surface area contributed by atoms with Crippen LogP contribution in [0, 0.1) is 0 Å². The molecule has 1 N–H and O–H groups in total. The summed E-state index contributed by atoms with van der Waals surface area (Å²) in [4.78, 5) is 14.4. The number of ether oxygens (including phenoxy) is 3. The lowest BCUT2D eigenvalue weighted by molar-refractivity contribution is -0.0135. The topological polar surface area (TPSA) is 60.0 Å². The highest BCUT2D eigenvalue weighted by Gasteiger charge is 2.25. The first kappa shape index (κ1) is 17.1. The maximum Gasteiger partial charge on any atom is 0.322 e. The Balaban J connectivity index is 1.68. The quantitative estimate of drug-likeness (QED) is 0.926. The van der Waals surface area contributed by atoms with E-state index in [1.54, 1.807) is 37.3 Å². The molecule has 6 heteroatoms. The van der Waals surface area contributed by atoms with Gasteiger partial charge >= 0.3 is 6.03 Å². The van der Waals surface area contributed by atoms with Crippen molar-refractivity contribution in [2.24, 2.45) is 0 Å². The maximum absolute atomic E-state index is 12.6. The zero-order valence-electron chi connectivity index (χ0n) is 14.4. The van der Waals surface area contributed by atoms with Gasteiger partial charge in [0.2, 0.25) is 0 Å². The highest BCUT2D eigenvalue weighted by atomic mass is 16.5. The van der Waals surface area contributed by atoms with Crippen LogP contribution in [0.1, 0.15) is 11.7 Å². The van der Waals surface area contributed by atoms with E-state index in [4.69, 9.17) is 14.2 Å². The summed E-state index contributed by atoms with van der Waals surface area (Å²) in [6, 6.07) is 15.0. The highest BCUT2D eigenvalue weighted by Crippen LogP contribution is 2.27. The molecule has 0 spiro atoms. The number of urea groups is 1. The van der Waals surface area contributed by atoms with Gasteiger partial charge in [0.15, 0.2) is 0 Å². The molecule has 0 radical (unpaired) electrons. The molecule has 1 heterocycles. The van der Waals surface area contributed by atoms with Crippen molar-refractivity contribution in [2.45, 2.75) is 6.10 Å². The fourth-order valence-corrected chi connectivity index (χ4v) is 2.79. The van der Waals surface area contributed by atoms with Crippen LogP contribution in [0.2, 0.25) is 0 Å². The number of hydrogen-bond acceptors (Lipinski definition) is 4. The molecule has 1 unspecified atom stereocenters. The monoisotopic (exact) mass is 342 g/mol.